The first-order chi connectivity index (χ1) is 48.6. The van der Waals surface area contributed by atoms with Crippen LogP contribution in [-0.4, -0.2) is 17.2 Å². The Labute approximate surface area is 609 Å². The molecule has 0 saturated heterocycles. The van der Waals surface area contributed by atoms with Gasteiger partial charge in [0.25, 0.3) is 0 Å². The summed E-state index contributed by atoms with van der Waals surface area (Å²) in [4.78, 5) is 0. The Kier molecular flexibility index (Phi) is 17.8. The summed E-state index contributed by atoms with van der Waals surface area (Å²) in [6, 6.07) is 124. The summed E-state index contributed by atoms with van der Waals surface area (Å²) in [6.07, 6.45) is 0. The predicted molar refractivity (Wildman–Crippen MR) is 436 cm³/mol. The van der Waals surface area contributed by atoms with Gasteiger partial charge in [0, 0.05) is 17.9 Å². The summed E-state index contributed by atoms with van der Waals surface area (Å²) in [5.74, 6) is 0. The Hall–Kier alpha value is -10.1. The van der Waals surface area contributed by atoms with Crippen LogP contribution in [0.4, 0.5) is 0 Å². The maximum atomic E-state index is 8.94. The second-order valence-electron chi connectivity index (χ2n) is 24.9. The van der Waals surface area contributed by atoms with E-state index >= 15 is 0 Å². The molecule has 0 amide bonds. The van der Waals surface area contributed by atoms with Crippen molar-refractivity contribution in [2.24, 2.45) is 0 Å². The third-order valence-electron chi connectivity index (χ3n) is 19.1. The zero-order chi connectivity index (χ0) is 67.1. The van der Waals surface area contributed by atoms with Gasteiger partial charge in [0.1, 0.15) is 0 Å². The molecule has 99 heavy (non-hydrogen) atoms. The maximum Gasteiger partial charge on any atom is 0.488 e. The van der Waals surface area contributed by atoms with E-state index in [1.165, 1.54) is 154 Å². The molecule has 0 atom stereocenters. The molecule has 0 radical (unpaired) electrons. The van der Waals surface area contributed by atoms with Crippen LogP contribution in [0.15, 0.2) is 364 Å². The van der Waals surface area contributed by atoms with E-state index < -0.39 is 7.12 Å². The molecule has 18 aromatic rings. The maximum absolute atomic E-state index is 8.94. The molecule has 0 aromatic heterocycles. The molecule has 18 rings (SSSR count). The van der Waals surface area contributed by atoms with Crippen molar-refractivity contribution >= 4 is 141 Å². The second kappa shape index (κ2) is 27.7. The third kappa shape index (κ3) is 12.5. The highest BCUT2D eigenvalue weighted by molar-refractivity contribution is 9.11. The van der Waals surface area contributed by atoms with Crippen molar-refractivity contribution in [2.75, 3.05) is 0 Å². The highest BCUT2D eigenvalue weighted by Gasteiger charge is 2.23. The van der Waals surface area contributed by atoms with Crippen molar-refractivity contribution in [3.05, 3.63) is 364 Å². The lowest BCUT2D eigenvalue weighted by Crippen LogP contribution is -2.29. The molecule has 18 aromatic carbocycles. The van der Waals surface area contributed by atoms with Crippen LogP contribution in [0.2, 0.25) is 0 Å². The number of halogens is 4. The van der Waals surface area contributed by atoms with Crippen LogP contribution >= 0.6 is 63.7 Å². The average Bonchev–Trinajstić information content (AvgIpc) is 0.720. The van der Waals surface area contributed by atoms with Crippen LogP contribution < -0.4 is 5.46 Å². The van der Waals surface area contributed by atoms with E-state index in [1.807, 2.05) is 42.5 Å². The van der Waals surface area contributed by atoms with Crippen LogP contribution in [0.1, 0.15) is 0 Å². The molecule has 0 saturated carbocycles. The number of hydrogen-bond acceptors (Lipinski definition) is 2. The van der Waals surface area contributed by atoms with Gasteiger partial charge < -0.3 is 10.0 Å². The summed E-state index contributed by atoms with van der Waals surface area (Å²) in [5, 5.41) is 33.1. The van der Waals surface area contributed by atoms with Crippen molar-refractivity contribution in [3.8, 4) is 100 Å². The van der Waals surface area contributed by atoms with E-state index in [2.05, 4.69) is 355 Å². The highest BCUT2D eigenvalue weighted by atomic mass is 79.9. The van der Waals surface area contributed by atoms with Crippen LogP contribution in [-0.2, 0) is 0 Å². The molecule has 0 aliphatic carbocycles. The largest absolute Gasteiger partial charge is 0.488 e. The minimum absolute atomic E-state index is 0.509. The highest BCUT2D eigenvalue weighted by Crippen LogP contribution is 2.50. The Morgan fingerprint density at radius 2 is 0.343 bits per heavy atom. The van der Waals surface area contributed by atoms with Gasteiger partial charge >= 0.3 is 7.12 Å². The van der Waals surface area contributed by atoms with Gasteiger partial charge in [0.05, 0.1) is 0 Å². The molecule has 0 spiro atoms. The van der Waals surface area contributed by atoms with Crippen molar-refractivity contribution in [1.29, 1.82) is 0 Å². The molecule has 7 heteroatoms. The summed E-state index contributed by atoms with van der Waals surface area (Å²) >= 11 is 14.7. The van der Waals surface area contributed by atoms with Gasteiger partial charge in [-0.1, -0.05) is 385 Å². The molecule has 0 bridgehead atoms. The smallest absolute Gasteiger partial charge is 0.423 e. The standard InChI is InChI=1S/C64H42.C16H6Br4.C12H11BO2/c1-5-13-43(14-6-1)47-21-29-51(30-22-47)59-41-60(52-31-23-48(24-32-52)44-15-7-2-8-16-44)56-39-40-58-62(54-35-27-50(28-36-54)46-19-11-4-12-20-46)42-61(57-38-37-55(59)63(56)64(57)58)53-33-25-49(26-34-53)45-17-9-3-10-18-45;17-11-5-13(19)9-3-4-10-14(20)6-12(18)8-2-1-7(11)15(9)16(8)10;14-13(15)12-8-6-11(7-9-12)10-4-2-1-3-5-10/h1-42H;1-6H;1-9,14-15H. The minimum atomic E-state index is -1.39. The van der Waals surface area contributed by atoms with Crippen molar-refractivity contribution in [2.45, 2.75) is 0 Å². The van der Waals surface area contributed by atoms with E-state index in [-0.39, 0.29) is 0 Å². The Bertz CT molecular complexity index is 5270. The molecular formula is C92H59BBr4O2. The first-order valence-corrected chi connectivity index (χ1v) is 36.1. The number of benzene rings is 18. The Morgan fingerprint density at radius 3 is 0.556 bits per heavy atom. The van der Waals surface area contributed by atoms with Gasteiger partial charge in [-0.3, -0.25) is 0 Å². The number of rotatable bonds is 10. The summed E-state index contributed by atoms with van der Waals surface area (Å²) < 4.78 is 4.45. The third-order valence-corrected chi connectivity index (χ3v) is 21.7. The zero-order valence-corrected chi connectivity index (χ0v) is 59.7. The fourth-order valence-corrected chi connectivity index (χ4v) is 17.0. The lowest BCUT2D eigenvalue weighted by Gasteiger charge is -2.22. The fraction of sp³-hybridized carbons (Fsp3) is 0. The lowest BCUT2D eigenvalue weighted by atomic mass is 9.80. The minimum Gasteiger partial charge on any atom is -0.423 e. The number of hydrogen-bond donors (Lipinski definition) is 2. The monoisotopic (exact) mass is 1520 g/mol. The lowest BCUT2D eigenvalue weighted by molar-refractivity contribution is 0.426. The Morgan fingerprint density at radius 1 is 0.172 bits per heavy atom. The van der Waals surface area contributed by atoms with Crippen molar-refractivity contribution < 1.29 is 10.0 Å². The quantitative estimate of drug-likeness (QED) is 0.106. The van der Waals surface area contributed by atoms with Crippen molar-refractivity contribution in [1.82, 2.24) is 0 Å². The molecular weight excluding hydrogens is 1470 g/mol. The normalized spacial score (nSPS) is 11.3. The molecule has 0 aliphatic heterocycles. The van der Waals surface area contributed by atoms with Crippen molar-refractivity contribution in [3.63, 3.8) is 0 Å². The molecule has 0 fully saturated rings. The first kappa shape index (κ1) is 63.7. The Balaban J connectivity index is 0.000000176. The first-order valence-electron chi connectivity index (χ1n) is 32.9. The van der Waals surface area contributed by atoms with Gasteiger partial charge in [-0.15, -0.1) is 0 Å². The second-order valence-corrected chi connectivity index (χ2v) is 28.3. The molecule has 2 N–H and O–H groups in total. The van der Waals surface area contributed by atoms with E-state index in [4.69, 9.17) is 10.0 Å². The van der Waals surface area contributed by atoms with Gasteiger partial charge in [-0.25, -0.2) is 0 Å². The average molecular weight is 1530 g/mol. The molecule has 470 valence electrons. The topological polar surface area (TPSA) is 40.5 Å². The van der Waals surface area contributed by atoms with E-state index in [0.717, 1.165) is 29.0 Å². The van der Waals surface area contributed by atoms with E-state index in [1.54, 1.807) is 12.1 Å². The van der Waals surface area contributed by atoms with Crippen LogP contribution in [0.25, 0.3) is 165 Å². The fourth-order valence-electron chi connectivity index (χ4n) is 14.1. The SMILES string of the molecule is Brc1cc(Br)c2ccc3c(Br)cc(Br)c4ccc1c2c43.OB(O)c1ccc(-c2ccccc2)cc1.c1ccc(-c2ccc(-c3cc(-c4ccc(-c5ccccc5)cc4)c4ccc5c(-c6ccc(-c7ccccc7)cc6)cc(-c6ccc(-c7ccccc7)cc6)c6ccc3c4c65)cc2)cc1. The summed E-state index contributed by atoms with van der Waals surface area (Å²) in [5.41, 5.74) is 22.2. The molecule has 2 nitrogen and oxygen atoms in total. The molecule has 0 heterocycles. The summed E-state index contributed by atoms with van der Waals surface area (Å²) in [6.45, 7) is 0. The zero-order valence-electron chi connectivity index (χ0n) is 53.4. The summed E-state index contributed by atoms with van der Waals surface area (Å²) in [7, 11) is -1.39. The van der Waals surface area contributed by atoms with E-state index in [0.29, 0.717) is 5.46 Å². The van der Waals surface area contributed by atoms with Gasteiger partial charge in [-0.2, -0.15) is 0 Å². The van der Waals surface area contributed by atoms with Gasteiger partial charge in [-0.05, 0) is 195 Å². The van der Waals surface area contributed by atoms with Gasteiger partial charge in [0.15, 0.2) is 0 Å². The van der Waals surface area contributed by atoms with Crippen LogP contribution in [0, 0.1) is 0 Å². The van der Waals surface area contributed by atoms with E-state index in [9.17, 15) is 0 Å². The van der Waals surface area contributed by atoms with Crippen LogP contribution in [0.5, 0.6) is 0 Å². The molecule has 0 unspecified atom stereocenters. The predicted octanol–water partition coefficient (Wildman–Crippen LogP) is 26.6. The molecule has 0 aliphatic rings. The van der Waals surface area contributed by atoms with Gasteiger partial charge in [0.2, 0.25) is 0 Å². The van der Waals surface area contributed by atoms with Crippen LogP contribution in [0.3, 0.4) is 0 Å².